The fourth-order valence-corrected chi connectivity index (χ4v) is 2.09. The Balaban J connectivity index is 2.88. The Morgan fingerprint density at radius 3 is 2.58 bits per heavy atom. The molecule has 0 radical (unpaired) electrons. The Bertz CT molecular complexity index is 500. The van der Waals surface area contributed by atoms with Gasteiger partial charge >= 0.3 is 0 Å². The fraction of sp³-hybridized carbons (Fsp3) is 0.545. The molecule has 1 aromatic rings. The van der Waals surface area contributed by atoms with Crippen molar-refractivity contribution in [1.29, 1.82) is 0 Å². The van der Waals surface area contributed by atoms with Crippen LogP contribution in [0.2, 0.25) is 0 Å². The molecule has 0 aliphatic carbocycles. The zero-order valence-corrected chi connectivity index (χ0v) is 13.8. The van der Waals surface area contributed by atoms with Crippen LogP contribution in [-0.2, 0) is 7.05 Å². The van der Waals surface area contributed by atoms with Crippen molar-refractivity contribution < 1.29 is 4.79 Å². The van der Waals surface area contributed by atoms with Gasteiger partial charge in [-0.2, -0.15) is 5.10 Å². The van der Waals surface area contributed by atoms with Gasteiger partial charge in [-0.15, -0.1) is 0 Å². The van der Waals surface area contributed by atoms with Gasteiger partial charge in [0, 0.05) is 13.6 Å². The molecule has 0 fully saturated rings. The number of hydrogen-bond acceptors (Lipinski definition) is 3. The Morgan fingerprint density at radius 2 is 2.21 bits per heavy atom. The molecule has 1 aromatic heterocycles. The average molecular weight is 348 g/mol. The number of nitrogens with zero attached hydrogens (tertiary/aromatic N) is 3. The van der Waals surface area contributed by atoms with Crippen LogP contribution in [0, 0.1) is 12.8 Å². The molecule has 8 heteroatoms. The largest absolute Gasteiger partial charge is 0.375 e. The van der Waals surface area contributed by atoms with E-state index in [0.29, 0.717) is 22.6 Å². The summed E-state index contributed by atoms with van der Waals surface area (Å²) in [6.07, 6.45) is 0. The minimum atomic E-state index is -0.343. The van der Waals surface area contributed by atoms with Crippen LogP contribution in [0.15, 0.2) is 4.47 Å². The fourth-order valence-electron chi connectivity index (χ4n) is 1.46. The quantitative estimate of drug-likeness (QED) is 0.637. The lowest BCUT2D eigenvalue weighted by molar-refractivity contribution is 0.0856. The summed E-state index contributed by atoms with van der Waals surface area (Å²) in [5.74, 6) is -0.0280. The zero-order chi connectivity index (χ0) is 14.7. The van der Waals surface area contributed by atoms with Gasteiger partial charge < -0.3 is 5.73 Å². The minimum Gasteiger partial charge on any atom is -0.375 e. The summed E-state index contributed by atoms with van der Waals surface area (Å²) in [4.78, 5) is 12.2. The molecule has 1 amide bonds. The van der Waals surface area contributed by atoms with Crippen LogP contribution in [0.1, 0.15) is 30.0 Å². The number of nitrogens with two attached hydrogens (primary N) is 1. The van der Waals surface area contributed by atoms with Crippen molar-refractivity contribution in [3.63, 3.8) is 0 Å². The average Bonchev–Trinajstić information content (AvgIpc) is 2.55. The van der Waals surface area contributed by atoms with Crippen LogP contribution in [0.5, 0.6) is 0 Å². The van der Waals surface area contributed by atoms with E-state index < -0.39 is 0 Å². The second-order valence-corrected chi connectivity index (χ2v) is 5.87. The molecule has 0 atom stereocenters. The van der Waals surface area contributed by atoms with Gasteiger partial charge in [0.2, 0.25) is 0 Å². The number of aromatic nitrogens is 2. The number of hydrazine groups is 1. The molecule has 106 valence electrons. The predicted octanol–water partition coefficient (Wildman–Crippen LogP) is 1.34. The SMILES string of the molecule is Cc1c(Br)c(C(=O)NN(CC(C)C)C(N)=S)nn1C. The van der Waals surface area contributed by atoms with Crippen LogP contribution in [0.4, 0.5) is 0 Å². The third kappa shape index (κ3) is 3.90. The van der Waals surface area contributed by atoms with E-state index in [1.807, 2.05) is 20.8 Å². The highest BCUT2D eigenvalue weighted by Crippen LogP contribution is 2.19. The number of nitrogens with one attached hydrogen (secondary N) is 1. The van der Waals surface area contributed by atoms with Crippen molar-refractivity contribution in [3.8, 4) is 0 Å². The molecule has 0 unspecified atom stereocenters. The van der Waals surface area contributed by atoms with Gasteiger partial charge in [0.15, 0.2) is 10.8 Å². The predicted molar refractivity (Wildman–Crippen MR) is 81.4 cm³/mol. The first kappa shape index (κ1) is 15.9. The third-order valence-corrected chi connectivity index (χ3v) is 3.70. The van der Waals surface area contributed by atoms with Crippen LogP contribution >= 0.6 is 28.1 Å². The minimum absolute atomic E-state index is 0.130. The van der Waals surface area contributed by atoms with Crippen LogP contribution in [0.25, 0.3) is 0 Å². The van der Waals surface area contributed by atoms with E-state index >= 15 is 0 Å². The highest BCUT2D eigenvalue weighted by molar-refractivity contribution is 9.10. The number of thiocarbonyl (C=S) groups is 1. The molecule has 0 aliphatic heterocycles. The number of amides is 1. The third-order valence-electron chi connectivity index (χ3n) is 2.53. The first-order valence-electron chi connectivity index (χ1n) is 5.81. The number of rotatable bonds is 3. The van der Waals surface area contributed by atoms with Gasteiger partial charge in [0.05, 0.1) is 10.2 Å². The number of aryl methyl sites for hydroxylation is 1. The summed E-state index contributed by atoms with van der Waals surface area (Å²) in [6, 6.07) is 0. The van der Waals surface area contributed by atoms with E-state index in [1.165, 1.54) is 5.01 Å². The summed E-state index contributed by atoms with van der Waals surface area (Å²) in [5.41, 5.74) is 9.44. The lowest BCUT2D eigenvalue weighted by atomic mass is 10.2. The molecule has 0 saturated carbocycles. The molecular formula is C11H18BrN5OS. The van der Waals surface area contributed by atoms with Crippen LogP contribution < -0.4 is 11.2 Å². The van der Waals surface area contributed by atoms with Gasteiger partial charge in [0.1, 0.15) is 0 Å². The number of carbonyl (C=O) groups is 1. The molecule has 6 nitrogen and oxygen atoms in total. The maximum absolute atomic E-state index is 12.2. The topological polar surface area (TPSA) is 76.2 Å². The van der Waals surface area contributed by atoms with Crippen molar-refractivity contribution in [2.75, 3.05) is 6.54 Å². The maximum Gasteiger partial charge on any atom is 0.291 e. The van der Waals surface area contributed by atoms with E-state index in [9.17, 15) is 4.79 Å². The van der Waals surface area contributed by atoms with Gasteiger partial charge in [-0.25, -0.2) is 0 Å². The number of carbonyl (C=O) groups excluding carboxylic acids is 1. The summed E-state index contributed by atoms with van der Waals surface area (Å²) < 4.78 is 2.30. The lowest BCUT2D eigenvalue weighted by Crippen LogP contribution is -2.50. The standard InChI is InChI=1S/C11H18BrN5OS/c1-6(2)5-17(11(13)19)15-10(18)9-8(12)7(3)16(4)14-9/h6H,5H2,1-4H3,(H2,13,19)(H,15,18). The van der Waals surface area contributed by atoms with Gasteiger partial charge in [-0.3, -0.25) is 19.9 Å². The van der Waals surface area contributed by atoms with Crippen molar-refractivity contribution in [3.05, 3.63) is 15.9 Å². The first-order valence-corrected chi connectivity index (χ1v) is 7.01. The normalized spacial score (nSPS) is 10.6. The molecule has 19 heavy (non-hydrogen) atoms. The molecule has 3 N–H and O–H groups in total. The van der Waals surface area contributed by atoms with Gasteiger partial charge in [-0.05, 0) is 41.0 Å². The monoisotopic (exact) mass is 347 g/mol. The molecule has 0 spiro atoms. The van der Waals surface area contributed by atoms with E-state index in [-0.39, 0.29) is 11.0 Å². The van der Waals surface area contributed by atoms with Crippen LogP contribution in [-0.4, -0.2) is 32.4 Å². The van der Waals surface area contributed by atoms with E-state index in [0.717, 1.165) is 5.69 Å². The second kappa shape index (κ2) is 6.33. The van der Waals surface area contributed by atoms with E-state index in [1.54, 1.807) is 11.7 Å². The highest BCUT2D eigenvalue weighted by Gasteiger charge is 2.20. The Labute approximate surface area is 126 Å². The summed E-state index contributed by atoms with van der Waals surface area (Å²) in [5, 5.41) is 5.74. The number of hydrogen-bond donors (Lipinski definition) is 2. The smallest absolute Gasteiger partial charge is 0.291 e. The zero-order valence-electron chi connectivity index (χ0n) is 11.4. The molecule has 1 heterocycles. The van der Waals surface area contributed by atoms with Gasteiger partial charge in [-0.1, -0.05) is 13.8 Å². The van der Waals surface area contributed by atoms with Gasteiger partial charge in [0.25, 0.3) is 5.91 Å². The maximum atomic E-state index is 12.2. The summed E-state index contributed by atoms with van der Waals surface area (Å²) in [6.45, 7) is 6.44. The van der Waals surface area contributed by atoms with E-state index in [2.05, 4.69) is 26.5 Å². The first-order chi connectivity index (χ1) is 8.73. The Kier molecular flexibility index (Phi) is 5.30. The van der Waals surface area contributed by atoms with Crippen molar-refractivity contribution in [2.45, 2.75) is 20.8 Å². The summed E-state index contributed by atoms with van der Waals surface area (Å²) >= 11 is 8.27. The molecule has 1 rings (SSSR count). The van der Waals surface area contributed by atoms with E-state index in [4.69, 9.17) is 18.0 Å². The Morgan fingerprint density at radius 1 is 1.63 bits per heavy atom. The lowest BCUT2D eigenvalue weighted by Gasteiger charge is -2.24. The molecule has 0 bridgehead atoms. The second-order valence-electron chi connectivity index (χ2n) is 4.66. The van der Waals surface area contributed by atoms with Crippen molar-refractivity contribution in [1.82, 2.24) is 20.2 Å². The molecule has 0 aliphatic rings. The van der Waals surface area contributed by atoms with Crippen LogP contribution in [0.3, 0.4) is 0 Å². The number of halogens is 1. The Hall–Kier alpha value is -1.15. The molecule has 0 saturated heterocycles. The molecular weight excluding hydrogens is 330 g/mol. The molecule has 0 aromatic carbocycles. The highest BCUT2D eigenvalue weighted by atomic mass is 79.9. The van der Waals surface area contributed by atoms with Crippen molar-refractivity contribution in [2.24, 2.45) is 18.7 Å². The summed E-state index contributed by atoms with van der Waals surface area (Å²) in [7, 11) is 1.77. The van der Waals surface area contributed by atoms with Crippen molar-refractivity contribution >= 4 is 39.2 Å².